The first kappa shape index (κ1) is 15.3. The number of aryl methyl sites for hydroxylation is 2. The zero-order chi connectivity index (χ0) is 16.7. The maximum Gasteiger partial charge on any atom is 0.226 e. The van der Waals surface area contributed by atoms with E-state index in [-0.39, 0.29) is 18.4 Å². The van der Waals surface area contributed by atoms with E-state index in [4.69, 9.17) is 0 Å². The van der Waals surface area contributed by atoms with Crippen LogP contribution in [0.1, 0.15) is 35.4 Å². The van der Waals surface area contributed by atoms with Crippen LogP contribution in [0.3, 0.4) is 0 Å². The molecule has 2 aliphatic rings. The topological polar surface area (TPSA) is 61.9 Å². The Hall–Kier alpha value is -2.24. The number of carbonyl (C=O) groups is 1. The SMILES string of the molecule is Cc1ccccc1C1(F)CCN(C(=O)C2CCc3n[nH]nc3C2)C1. The monoisotopic (exact) mass is 328 g/mol. The van der Waals surface area contributed by atoms with Crippen molar-refractivity contribution in [3.8, 4) is 0 Å². The van der Waals surface area contributed by atoms with Crippen molar-refractivity contribution in [3.63, 3.8) is 0 Å². The van der Waals surface area contributed by atoms with E-state index in [9.17, 15) is 4.79 Å². The number of benzene rings is 1. The van der Waals surface area contributed by atoms with E-state index in [1.165, 1.54) is 0 Å². The molecule has 1 N–H and O–H groups in total. The molecule has 1 aliphatic heterocycles. The first-order chi connectivity index (χ1) is 11.6. The van der Waals surface area contributed by atoms with Crippen LogP contribution in [0.25, 0.3) is 0 Å². The van der Waals surface area contributed by atoms with Gasteiger partial charge in [0.15, 0.2) is 5.67 Å². The number of H-pyrrole nitrogens is 1. The highest BCUT2D eigenvalue weighted by Gasteiger charge is 2.44. The minimum Gasteiger partial charge on any atom is -0.339 e. The van der Waals surface area contributed by atoms with Crippen LogP contribution in [0.15, 0.2) is 24.3 Å². The van der Waals surface area contributed by atoms with E-state index in [2.05, 4.69) is 15.4 Å². The van der Waals surface area contributed by atoms with E-state index in [1.807, 2.05) is 31.2 Å². The molecule has 126 valence electrons. The summed E-state index contributed by atoms with van der Waals surface area (Å²) >= 11 is 0. The summed E-state index contributed by atoms with van der Waals surface area (Å²) in [6.45, 7) is 2.55. The van der Waals surface area contributed by atoms with Gasteiger partial charge < -0.3 is 4.90 Å². The Labute approximate surface area is 140 Å². The third-order valence-corrected chi connectivity index (χ3v) is 5.38. The Balaban J connectivity index is 1.49. The number of aromatic nitrogens is 3. The lowest BCUT2D eigenvalue weighted by Crippen LogP contribution is -2.38. The van der Waals surface area contributed by atoms with Crippen LogP contribution >= 0.6 is 0 Å². The number of likely N-dealkylation sites (tertiary alicyclic amines) is 1. The minimum atomic E-state index is -1.44. The zero-order valence-electron chi connectivity index (χ0n) is 13.8. The van der Waals surface area contributed by atoms with Crippen LogP contribution in [0.2, 0.25) is 0 Å². The number of amides is 1. The summed E-state index contributed by atoms with van der Waals surface area (Å²) in [4.78, 5) is 14.5. The Kier molecular flexibility index (Phi) is 3.62. The predicted octanol–water partition coefficient (Wildman–Crippen LogP) is 2.32. The number of fused-ring (bicyclic) bond motifs is 1. The Morgan fingerprint density at radius 3 is 2.96 bits per heavy atom. The van der Waals surface area contributed by atoms with Gasteiger partial charge in [0.2, 0.25) is 5.91 Å². The van der Waals surface area contributed by atoms with Gasteiger partial charge in [-0.15, -0.1) is 0 Å². The first-order valence-electron chi connectivity index (χ1n) is 8.49. The highest BCUT2D eigenvalue weighted by molar-refractivity contribution is 5.80. The number of hydrogen-bond acceptors (Lipinski definition) is 3. The second-order valence-corrected chi connectivity index (χ2v) is 6.95. The van der Waals surface area contributed by atoms with Gasteiger partial charge in [-0.1, -0.05) is 24.3 Å². The number of nitrogens with one attached hydrogen (secondary N) is 1. The van der Waals surface area contributed by atoms with Crippen LogP contribution in [-0.4, -0.2) is 39.3 Å². The molecule has 1 fully saturated rings. The van der Waals surface area contributed by atoms with E-state index >= 15 is 4.39 Å². The second kappa shape index (κ2) is 5.69. The third kappa shape index (κ3) is 2.50. The van der Waals surface area contributed by atoms with E-state index < -0.39 is 5.67 Å². The molecule has 0 bridgehead atoms. The summed E-state index contributed by atoms with van der Waals surface area (Å²) in [5, 5.41) is 10.8. The van der Waals surface area contributed by atoms with Gasteiger partial charge in [-0.3, -0.25) is 4.79 Å². The van der Waals surface area contributed by atoms with Gasteiger partial charge in [-0.05, 0) is 30.9 Å². The first-order valence-corrected chi connectivity index (χ1v) is 8.49. The van der Waals surface area contributed by atoms with Gasteiger partial charge in [0.05, 0.1) is 17.9 Å². The Bertz CT molecular complexity index is 774. The number of aromatic amines is 1. The summed E-state index contributed by atoms with van der Waals surface area (Å²) in [5.74, 6) is -0.0569. The molecular formula is C18H21FN4O. The van der Waals surface area contributed by atoms with Crippen molar-refractivity contribution in [2.45, 2.75) is 38.3 Å². The summed E-state index contributed by atoms with van der Waals surface area (Å²) < 4.78 is 15.5. The number of alkyl halides is 1. The van der Waals surface area contributed by atoms with E-state index in [1.54, 1.807) is 4.90 Å². The van der Waals surface area contributed by atoms with Crippen molar-refractivity contribution >= 4 is 5.91 Å². The molecule has 2 aromatic rings. The second-order valence-electron chi connectivity index (χ2n) is 6.95. The number of halogens is 1. The summed E-state index contributed by atoms with van der Waals surface area (Å²) in [6, 6.07) is 7.54. The maximum atomic E-state index is 15.5. The Morgan fingerprint density at radius 1 is 1.33 bits per heavy atom. The van der Waals surface area contributed by atoms with Crippen molar-refractivity contribution in [2.24, 2.45) is 5.92 Å². The molecule has 1 aliphatic carbocycles. The van der Waals surface area contributed by atoms with Crippen LogP contribution in [0.4, 0.5) is 4.39 Å². The van der Waals surface area contributed by atoms with Gasteiger partial charge in [-0.2, -0.15) is 15.4 Å². The fourth-order valence-corrected chi connectivity index (χ4v) is 4.01. The summed E-state index contributed by atoms with van der Waals surface area (Å²) in [7, 11) is 0. The lowest BCUT2D eigenvalue weighted by molar-refractivity contribution is -0.135. The molecule has 24 heavy (non-hydrogen) atoms. The lowest BCUT2D eigenvalue weighted by Gasteiger charge is -2.27. The van der Waals surface area contributed by atoms with Crippen molar-refractivity contribution in [1.82, 2.24) is 20.3 Å². The molecule has 6 heteroatoms. The molecule has 1 saturated heterocycles. The zero-order valence-corrected chi connectivity index (χ0v) is 13.8. The third-order valence-electron chi connectivity index (χ3n) is 5.38. The predicted molar refractivity (Wildman–Crippen MR) is 87.1 cm³/mol. The van der Waals surface area contributed by atoms with E-state index in [0.717, 1.165) is 29.8 Å². The molecular weight excluding hydrogens is 307 g/mol. The van der Waals surface area contributed by atoms with Crippen molar-refractivity contribution in [3.05, 3.63) is 46.8 Å². The average Bonchev–Trinajstić information content (AvgIpc) is 3.21. The molecule has 0 radical (unpaired) electrons. The van der Waals surface area contributed by atoms with Gasteiger partial charge in [0, 0.05) is 25.3 Å². The number of carbonyl (C=O) groups excluding carboxylic acids is 1. The quantitative estimate of drug-likeness (QED) is 0.920. The summed E-state index contributed by atoms with van der Waals surface area (Å²) in [5.41, 5.74) is 2.06. The molecule has 1 amide bonds. The number of rotatable bonds is 2. The smallest absolute Gasteiger partial charge is 0.226 e. The van der Waals surface area contributed by atoms with Crippen molar-refractivity contribution in [1.29, 1.82) is 0 Å². The molecule has 2 heterocycles. The normalized spacial score (nSPS) is 26.4. The highest BCUT2D eigenvalue weighted by atomic mass is 19.1. The molecule has 4 rings (SSSR count). The molecule has 0 spiro atoms. The van der Waals surface area contributed by atoms with Crippen LogP contribution in [0, 0.1) is 12.8 Å². The van der Waals surface area contributed by atoms with Crippen molar-refractivity contribution in [2.75, 3.05) is 13.1 Å². The van der Waals surface area contributed by atoms with Crippen LogP contribution < -0.4 is 0 Å². The standard InChI is InChI=1S/C18H21FN4O/c1-12-4-2-3-5-14(12)18(19)8-9-23(11-18)17(24)13-6-7-15-16(10-13)21-22-20-15/h2-5,13H,6-11H2,1H3,(H,20,21,22). The van der Waals surface area contributed by atoms with Crippen molar-refractivity contribution < 1.29 is 9.18 Å². The molecule has 1 aromatic heterocycles. The molecule has 2 unspecified atom stereocenters. The van der Waals surface area contributed by atoms with Crippen LogP contribution in [-0.2, 0) is 23.3 Å². The highest BCUT2D eigenvalue weighted by Crippen LogP contribution is 2.38. The fourth-order valence-electron chi connectivity index (χ4n) is 4.01. The van der Waals surface area contributed by atoms with Gasteiger partial charge in [-0.25, -0.2) is 4.39 Å². The minimum absolute atomic E-state index is 0.0526. The van der Waals surface area contributed by atoms with Gasteiger partial charge in [0.1, 0.15) is 0 Å². The van der Waals surface area contributed by atoms with E-state index in [0.29, 0.717) is 24.9 Å². The lowest BCUT2D eigenvalue weighted by atomic mass is 9.88. The van der Waals surface area contributed by atoms with Crippen LogP contribution in [0.5, 0.6) is 0 Å². The Morgan fingerprint density at radius 2 is 2.12 bits per heavy atom. The molecule has 1 aromatic carbocycles. The number of nitrogens with zero attached hydrogens (tertiary/aromatic N) is 3. The molecule has 2 atom stereocenters. The maximum absolute atomic E-state index is 15.5. The van der Waals surface area contributed by atoms with Gasteiger partial charge >= 0.3 is 0 Å². The molecule has 0 saturated carbocycles. The summed E-state index contributed by atoms with van der Waals surface area (Å²) in [6.07, 6.45) is 2.49. The average molecular weight is 328 g/mol. The largest absolute Gasteiger partial charge is 0.339 e. The van der Waals surface area contributed by atoms with Gasteiger partial charge in [0.25, 0.3) is 0 Å². The number of hydrogen-bond donors (Lipinski definition) is 1. The molecule has 5 nitrogen and oxygen atoms in total. The fraction of sp³-hybridized carbons (Fsp3) is 0.500.